The molecule has 3 aromatic rings. The van der Waals surface area contributed by atoms with Crippen LogP contribution in [0.25, 0.3) is 5.82 Å². The van der Waals surface area contributed by atoms with Crippen LogP contribution in [0.1, 0.15) is 69.2 Å². The lowest BCUT2D eigenvalue weighted by Gasteiger charge is -2.25. The average molecular weight is 678 g/mol. The number of aromatic nitrogens is 4. The summed E-state index contributed by atoms with van der Waals surface area (Å²) in [4.78, 5) is 21.5. The molecule has 3 saturated carbocycles. The number of carbonyl (C=O) groups excluding carboxylic acids is 1. The number of nitrogens with zero attached hydrogens (tertiary/aromatic N) is 4. The van der Waals surface area contributed by atoms with Gasteiger partial charge in [0.15, 0.2) is 10.8 Å². The highest BCUT2D eigenvalue weighted by atomic mass is 35.5. The van der Waals surface area contributed by atoms with Crippen LogP contribution in [0, 0.1) is 22.7 Å². The SMILES string of the molecule is BC(B)(COc1ccn(-c2ccc(C(=O)NS(=O)(=O)c3cccc(NCCC[C@@H]4CNC(C)(C)C4)n3)c(Cl)n2)n1)C1C2(CC2)C12CC2. The van der Waals surface area contributed by atoms with Crippen molar-refractivity contribution in [3.63, 3.8) is 0 Å². The zero-order valence-electron chi connectivity index (χ0n) is 27.5. The third-order valence-electron chi connectivity index (χ3n) is 10.8. The lowest BCUT2D eigenvalue weighted by Crippen LogP contribution is -2.31. The zero-order chi connectivity index (χ0) is 33.2. The molecule has 1 aliphatic heterocycles. The Labute approximate surface area is 283 Å². The molecule has 15 heteroatoms. The van der Waals surface area contributed by atoms with Crippen molar-refractivity contribution in [3.8, 4) is 11.7 Å². The number of sulfonamides is 1. The third kappa shape index (κ3) is 6.28. The first-order chi connectivity index (χ1) is 22.2. The van der Waals surface area contributed by atoms with Gasteiger partial charge in [-0.2, -0.15) is 8.42 Å². The van der Waals surface area contributed by atoms with Gasteiger partial charge in [-0.05, 0) is 117 Å². The van der Waals surface area contributed by atoms with Gasteiger partial charge in [0.05, 0.1) is 12.2 Å². The van der Waals surface area contributed by atoms with Gasteiger partial charge in [0.1, 0.15) is 26.7 Å². The minimum absolute atomic E-state index is 0.0750. The second-order valence-electron chi connectivity index (χ2n) is 15.3. The fourth-order valence-corrected chi connectivity index (χ4v) is 9.81. The van der Waals surface area contributed by atoms with Crippen molar-refractivity contribution in [1.82, 2.24) is 29.8 Å². The first-order valence-corrected chi connectivity index (χ1v) is 18.5. The average Bonchev–Trinajstić information content (AvgIpc) is 3.97. The first kappa shape index (κ1) is 32.5. The molecule has 3 aromatic heterocycles. The van der Waals surface area contributed by atoms with Gasteiger partial charge in [-0.1, -0.05) is 17.7 Å². The van der Waals surface area contributed by atoms with E-state index >= 15 is 0 Å². The molecule has 3 N–H and O–H groups in total. The number of nitrogens with one attached hydrogen (secondary N) is 3. The molecular weight excluding hydrogens is 636 g/mol. The predicted octanol–water partition coefficient (Wildman–Crippen LogP) is 2.97. The van der Waals surface area contributed by atoms with E-state index in [-0.39, 0.29) is 26.5 Å². The Bertz CT molecular complexity index is 1790. The molecule has 0 aromatic carbocycles. The molecule has 1 saturated heterocycles. The Morgan fingerprint density at radius 2 is 1.87 bits per heavy atom. The van der Waals surface area contributed by atoms with E-state index in [1.165, 1.54) is 42.5 Å². The molecule has 4 aliphatic rings. The second kappa shape index (κ2) is 11.5. The van der Waals surface area contributed by atoms with Crippen molar-refractivity contribution in [1.29, 1.82) is 0 Å². The summed E-state index contributed by atoms with van der Waals surface area (Å²) in [5, 5.41) is 10.9. The van der Waals surface area contributed by atoms with Crippen LogP contribution in [0.3, 0.4) is 0 Å². The molecule has 3 aliphatic carbocycles. The van der Waals surface area contributed by atoms with Crippen molar-refractivity contribution in [2.24, 2.45) is 22.7 Å². The Morgan fingerprint density at radius 1 is 1.13 bits per heavy atom. The van der Waals surface area contributed by atoms with Crippen LogP contribution in [0.2, 0.25) is 10.4 Å². The zero-order valence-corrected chi connectivity index (χ0v) is 29.0. The number of carbonyl (C=O) groups is 1. The van der Waals surface area contributed by atoms with Crippen LogP contribution in [0.5, 0.6) is 5.88 Å². The summed E-state index contributed by atoms with van der Waals surface area (Å²) in [6, 6.07) is 9.38. The third-order valence-corrected chi connectivity index (χ3v) is 12.4. The fraction of sp³-hybridized carbons (Fsp3) is 0.562. The maximum atomic E-state index is 13.1. The molecule has 4 heterocycles. The predicted molar refractivity (Wildman–Crippen MR) is 185 cm³/mol. The van der Waals surface area contributed by atoms with Crippen LogP contribution in [-0.4, -0.2) is 75.0 Å². The number of pyridine rings is 2. The minimum Gasteiger partial charge on any atom is -0.478 e. The number of ether oxygens (including phenoxy) is 1. The lowest BCUT2D eigenvalue weighted by molar-refractivity contribution is 0.0981. The van der Waals surface area contributed by atoms with Gasteiger partial charge in [0, 0.05) is 24.3 Å². The van der Waals surface area contributed by atoms with Crippen LogP contribution < -0.4 is 20.1 Å². The standard InChI is InChI=1S/C32H42B2ClN7O4S/c1-29(2)17-20(18-37-29)5-4-15-36-22-6-3-7-25(38-22)47(44,45)41-27(43)21-8-9-23(39-26(21)35)42-16-10-24(40-42)46-19-32(33,34)28-30(11-12-30)31(28)13-14-31/h3,6-10,16,20,28,37H,4-5,11-15,17-19,33-34H2,1-2H3,(H,36,38)(H,41,43)/t20-/m0/s1. The molecule has 248 valence electrons. The van der Waals surface area contributed by atoms with E-state index in [2.05, 4.69) is 60.0 Å². The molecule has 1 atom stereocenters. The Kier molecular flexibility index (Phi) is 7.95. The van der Waals surface area contributed by atoms with Crippen molar-refractivity contribution >= 4 is 49.0 Å². The normalized spacial score (nSPS) is 21.9. The van der Waals surface area contributed by atoms with Crippen LogP contribution in [0.4, 0.5) is 5.82 Å². The van der Waals surface area contributed by atoms with E-state index in [9.17, 15) is 13.2 Å². The second-order valence-corrected chi connectivity index (χ2v) is 17.3. The number of hydrogen-bond acceptors (Lipinski definition) is 9. The van der Waals surface area contributed by atoms with Gasteiger partial charge in [-0.25, -0.2) is 19.4 Å². The summed E-state index contributed by atoms with van der Waals surface area (Å²) in [5.41, 5.74) is 1.28. The molecule has 2 spiro atoms. The fourth-order valence-electron chi connectivity index (χ4n) is 8.64. The molecule has 11 nitrogen and oxygen atoms in total. The highest BCUT2D eigenvalue weighted by Crippen LogP contribution is 2.95. The Hall–Kier alpha value is -3.09. The largest absolute Gasteiger partial charge is 0.478 e. The molecule has 7 rings (SSSR count). The number of anilines is 1. The molecule has 4 fully saturated rings. The van der Waals surface area contributed by atoms with Crippen LogP contribution in [0.15, 0.2) is 47.6 Å². The monoisotopic (exact) mass is 677 g/mol. The summed E-state index contributed by atoms with van der Waals surface area (Å²) in [6.07, 6.45) is 10.3. The first-order valence-electron chi connectivity index (χ1n) is 16.6. The van der Waals surface area contributed by atoms with Gasteiger partial charge in [-0.15, -0.1) is 5.10 Å². The maximum Gasteiger partial charge on any atom is 0.281 e. The summed E-state index contributed by atoms with van der Waals surface area (Å²) < 4.78 is 35.9. The van der Waals surface area contributed by atoms with E-state index in [1.807, 2.05) is 0 Å². The van der Waals surface area contributed by atoms with E-state index < -0.39 is 15.9 Å². The summed E-state index contributed by atoms with van der Waals surface area (Å²) in [7, 11) is 0.330. The molecule has 0 radical (unpaired) electrons. The Balaban J connectivity index is 0.928. The number of halogens is 1. The highest BCUT2D eigenvalue weighted by molar-refractivity contribution is 7.90. The van der Waals surface area contributed by atoms with E-state index in [0.717, 1.165) is 31.7 Å². The highest BCUT2D eigenvalue weighted by Gasteiger charge is 2.88. The van der Waals surface area contributed by atoms with Crippen LogP contribution in [-0.2, 0) is 10.0 Å². The molecule has 1 amide bonds. The quantitative estimate of drug-likeness (QED) is 0.142. The van der Waals surface area contributed by atoms with Gasteiger partial charge in [0.25, 0.3) is 15.9 Å². The van der Waals surface area contributed by atoms with Gasteiger partial charge >= 0.3 is 0 Å². The number of hydrogen-bond donors (Lipinski definition) is 3. The number of fused-ring (bicyclic) bond motifs is 1. The number of rotatable bonds is 13. The summed E-state index contributed by atoms with van der Waals surface area (Å²) in [6.45, 7) is 6.70. The van der Waals surface area contributed by atoms with Gasteiger partial charge in [-0.3, -0.25) is 4.79 Å². The van der Waals surface area contributed by atoms with Gasteiger partial charge < -0.3 is 15.4 Å². The van der Waals surface area contributed by atoms with Gasteiger partial charge in [0.2, 0.25) is 5.88 Å². The summed E-state index contributed by atoms with van der Waals surface area (Å²) in [5.74, 6) is 1.72. The van der Waals surface area contributed by atoms with Crippen LogP contribution >= 0.6 is 11.6 Å². The van der Waals surface area contributed by atoms with Crippen molar-refractivity contribution in [2.75, 3.05) is 25.0 Å². The summed E-state index contributed by atoms with van der Waals surface area (Å²) >= 11 is 6.37. The lowest BCUT2D eigenvalue weighted by atomic mass is 9.51. The van der Waals surface area contributed by atoms with E-state index in [1.54, 1.807) is 30.5 Å². The van der Waals surface area contributed by atoms with E-state index in [4.69, 9.17) is 16.3 Å². The molecule has 47 heavy (non-hydrogen) atoms. The number of amides is 1. The molecular formula is C32H42B2ClN7O4S. The minimum atomic E-state index is -4.27. The maximum absolute atomic E-state index is 13.1. The molecule has 0 unspecified atom stereocenters. The molecule has 0 bridgehead atoms. The van der Waals surface area contributed by atoms with Crippen molar-refractivity contribution in [2.45, 2.75) is 74.6 Å². The smallest absolute Gasteiger partial charge is 0.281 e. The topological polar surface area (TPSA) is 140 Å². The van der Waals surface area contributed by atoms with Crippen molar-refractivity contribution in [3.05, 3.63) is 53.3 Å². The van der Waals surface area contributed by atoms with Crippen molar-refractivity contribution < 1.29 is 17.9 Å². The van der Waals surface area contributed by atoms with E-state index in [0.29, 0.717) is 47.4 Å². The Morgan fingerprint density at radius 3 is 2.53 bits per heavy atom.